The van der Waals surface area contributed by atoms with Gasteiger partial charge in [-0.25, -0.2) is 4.98 Å². The standard InChI is InChI=1S/C24H23N3O2S/c28-22(21-10-5-13-27(21)23(29)17-6-2-1-3-7-17)26-24-25-20(15-30-24)19-12-11-16-8-4-9-18(16)14-19/h1-3,6-7,11-12,14-15,21H,4-5,8-10,13H2,(H,25,26,28). The Morgan fingerprint density at radius 3 is 2.73 bits per heavy atom. The Morgan fingerprint density at radius 1 is 1.03 bits per heavy atom. The van der Waals surface area contributed by atoms with Crippen molar-refractivity contribution in [3.63, 3.8) is 0 Å². The summed E-state index contributed by atoms with van der Waals surface area (Å²) in [6.45, 7) is 0.601. The fourth-order valence-electron chi connectivity index (χ4n) is 4.41. The van der Waals surface area contributed by atoms with Crippen molar-refractivity contribution in [2.75, 3.05) is 11.9 Å². The molecule has 5 rings (SSSR count). The van der Waals surface area contributed by atoms with Crippen LogP contribution in [0.2, 0.25) is 0 Å². The van der Waals surface area contributed by atoms with Gasteiger partial charge in [0.2, 0.25) is 5.91 Å². The van der Waals surface area contributed by atoms with E-state index in [0.717, 1.165) is 30.5 Å². The van der Waals surface area contributed by atoms with Crippen LogP contribution in [-0.4, -0.2) is 34.3 Å². The lowest BCUT2D eigenvalue weighted by Crippen LogP contribution is -2.43. The van der Waals surface area contributed by atoms with Crippen molar-refractivity contribution in [3.05, 3.63) is 70.6 Å². The van der Waals surface area contributed by atoms with Crippen LogP contribution in [0.15, 0.2) is 53.9 Å². The first-order valence-electron chi connectivity index (χ1n) is 10.4. The molecule has 2 aromatic carbocycles. The number of nitrogens with zero attached hydrogens (tertiary/aromatic N) is 2. The number of anilines is 1. The van der Waals surface area contributed by atoms with E-state index in [0.29, 0.717) is 23.7 Å². The van der Waals surface area contributed by atoms with Crippen LogP contribution in [0, 0.1) is 0 Å². The lowest BCUT2D eigenvalue weighted by molar-refractivity contribution is -0.119. The molecule has 2 heterocycles. The SMILES string of the molecule is O=C(Nc1nc(-c2ccc3c(c2)CCC3)cs1)C1CCCN1C(=O)c1ccccc1. The first-order valence-corrected chi connectivity index (χ1v) is 11.3. The summed E-state index contributed by atoms with van der Waals surface area (Å²) in [5.41, 5.74) is 5.44. The molecule has 6 heteroatoms. The quantitative estimate of drug-likeness (QED) is 0.678. The molecule has 1 aliphatic heterocycles. The van der Waals surface area contributed by atoms with Gasteiger partial charge in [0.1, 0.15) is 6.04 Å². The van der Waals surface area contributed by atoms with Crippen molar-refractivity contribution in [1.29, 1.82) is 0 Å². The zero-order chi connectivity index (χ0) is 20.5. The Hall–Kier alpha value is -2.99. The predicted molar refractivity (Wildman–Crippen MR) is 119 cm³/mol. The van der Waals surface area contributed by atoms with E-state index < -0.39 is 6.04 Å². The Morgan fingerprint density at radius 2 is 1.87 bits per heavy atom. The monoisotopic (exact) mass is 417 g/mol. The maximum absolute atomic E-state index is 12.9. The maximum Gasteiger partial charge on any atom is 0.254 e. The molecular weight excluding hydrogens is 394 g/mol. The lowest BCUT2D eigenvalue weighted by Gasteiger charge is -2.23. The summed E-state index contributed by atoms with van der Waals surface area (Å²) in [6, 6.07) is 15.2. The predicted octanol–water partition coefficient (Wildman–Crippen LogP) is 4.54. The molecule has 2 amide bonds. The van der Waals surface area contributed by atoms with Gasteiger partial charge in [0.05, 0.1) is 5.69 Å². The zero-order valence-electron chi connectivity index (χ0n) is 16.6. The molecule has 0 spiro atoms. The average molecular weight is 418 g/mol. The van der Waals surface area contributed by atoms with Crippen LogP contribution in [0.3, 0.4) is 0 Å². The number of amides is 2. The van der Waals surface area contributed by atoms with Crippen LogP contribution < -0.4 is 5.32 Å². The van der Waals surface area contributed by atoms with E-state index in [1.807, 2.05) is 23.6 Å². The van der Waals surface area contributed by atoms with Gasteiger partial charge in [0, 0.05) is 23.1 Å². The highest BCUT2D eigenvalue weighted by Crippen LogP contribution is 2.30. The largest absolute Gasteiger partial charge is 0.327 e. The Balaban J connectivity index is 1.29. The lowest BCUT2D eigenvalue weighted by atomic mass is 10.1. The van der Waals surface area contributed by atoms with Crippen LogP contribution in [-0.2, 0) is 17.6 Å². The minimum Gasteiger partial charge on any atom is -0.327 e. The molecule has 1 aromatic heterocycles. The van der Waals surface area contributed by atoms with Crippen LogP contribution in [0.4, 0.5) is 5.13 Å². The highest BCUT2D eigenvalue weighted by molar-refractivity contribution is 7.14. The number of hydrogen-bond acceptors (Lipinski definition) is 4. The molecule has 3 aromatic rings. The van der Waals surface area contributed by atoms with Gasteiger partial charge in [0.15, 0.2) is 5.13 Å². The van der Waals surface area contributed by atoms with Gasteiger partial charge in [-0.15, -0.1) is 11.3 Å². The van der Waals surface area contributed by atoms with Crippen LogP contribution >= 0.6 is 11.3 Å². The number of rotatable bonds is 4. The molecule has 0 bridgehead atoms. The maximum atomic E-state index is 12.9. The summed E-state index contributed by atoms with van der Waals surface area (Å²) >= 11 is 1.42. The van der Waals surface area contributed by atoms with Gasteiger partial charge in [-0.05, 0) is 61.4 Å². The summed E-state index contributed by atoms with van der Waals surface area (Å²) < 4.78 is 0. The molecule has 1 saturated heterocycles. The van der Waals surface area contributed by atoms with E-state index in [9.17, 15) is 9.59 Å². The third-order valence-corrected chi connectivity index (χ3v) is 6.72. The summed E-state index contributed by atoms with van der Waals surface area (Å²) in [6.07, 6.45) is 5.01. The van der Waals surface area contributed by atoms with Crippen molar-refractivity contribution in [2.45, 2.75) is 38.1 Å². The number of hydrogen-bond donors (Lipinski definition) is 1. The summed E-state index contributed by atoms with van der Waals surface area (Å²) in [5.74, 6) is -0.252. The molecule has 1 atom stereocenters. The topological polar surface area (TPSA) is 62.3 Å². The molecule has 30 heavy (non-hydrogen) atoms. The molecule has 5 nitrogen and oxygen atoms in total. The molecule has 0 radical (unpaired) electrons. The van der Waals surface area contributed by atoms with E-state index in [2.05, 4.69) is 28.5 Å². The molecule has 1 aliphatic carbocycles. The van der Waals surface area contributed by atoms with Gasteiger partial charge in [-0.2, -0.15) is 0 Å². The van der Waals surface area contributed by atoms with E-state index in [1.165, 1.54) is 28.9 Å². The summed E-state index contributed by atoms with van der Waals surface area (Å²) in [4.78, 5) is 32.1. The number of aromatic nitrogens is 1. The molecular formula is C24H23N3O2S. The van der Waals surface area contributed by atoms with Gasteiger partial charge in [0.25, 0.3) is 5.91 Å². The second-order valence-corrected chi connectivity index (χ2v) is 8.74. The smallest absolute Gasteiger partial charge is 0.254 e. The first kappa shape index (κ1) is 19.0. The third kappa shape index (κ3) is 3.63. The van der Waals surface area contributed by atoms with E-state index >= 15 is 0 Å². The zero-order valence-corrected chi connectivity index (χ0v) is 17.5. The normalized spacial score (nSPS) is 17.7. The van der Waals surface area contributed by atoms with Crippen molar-refractivity contribution in [1.82, 2.24) is 9.88 Å². The molecule has 1 fully saturated rings. The van der Waals surface area contributed by atoms with E-state index in [4.69, 9.17) is 0 Å². The fourth-order valence-corrected chi connectivity index (χ4v) is 5.14. The van der Waals surface area contributed by atoms with Crippen molar-refractivity contribution in [2.24, 2.45) is 0 Å². The summed E-state index contributed by atoms with van der Waals surface area (Å²) in [7, 11) is 0. The van der Waals surface area contributed by atoms with Gasteiger partial charge >= 0.3 is 0 Å². The number of carbonyl (C=O) groups is 2. The van der Waals surface area contributed by atoms with Crippen LogP contribution in [0.25, 0.3) is 11.3 Å². The first-order chi connectivity index (χ1) is 14.7. The average Bonchev–Trinajstić information content (AvgIpc) is 3.53. The fraction of sp³-hybridized carbons (Fsp3) is 0.292. The van der Waals surface area contributed by atoms with Crippen molar-refractivity contribution in [3.8, 4) is 11.3 Å². The minimum absolute atomic E-state index is 0.0915. The summed E-state index contributed by atoms with van der Waals surface area (Å²) in [5, 5.41) is 5.50. The van der Waals surface area contributed by atoms with Crippen LogP contribution in [0.5, 0.6) is 0 Å². The molecule has 1 N–H and O–H groups in total. The molecule has 152 valence electrons. The number of aryl methyl sites for hydroxylation is 2. The van der Waals surface area contributed by atoms with E-state index in [1.54, 1.807) is 17.0 Å². The van der Waals surface area contributed by atoms with Gasteiger partial charge < -0.3 is 10.2 Å². The minimum atomic E-state index is -0.454. The Kier molecular flexibility index (Phi) is 5.09. The number of nitrogens with one attached hydrogen (secondary N) is 1. The van der Waals surface area contributed by atoms with Crippen molar-refractivity contribution >= 4 is 28.3 Å². The number of carbonyl (C=O) groups excluding carboxylic acids is 2. The number of fused-ring (bicyclic) bond motifs is 1. The second-order valence-electron chi connectivity index (χ2n) is 7.89. The molecule has 1 unspecified atom stereocenters. The Labute approximate surface area is 179 Å². The van der Waals surface area contributed by atoms with Crippen LogP contribution in [0.1, 0.15) is 40.7 Å². The van der Waals surface area contributed by atoms with Gasteiger partial charge in [-0.1, -0.05) is 30.3 Å². The van der Waals surface area contributed by atoms with Gasteiger partial charge in [-0.3, -0.25) is 9.59 Å². The molecule has 0 saturated carbocycles. The Bertz CT molecular complexity index is 1090. The number of benzene rings is 2. The number of likely N-dealkylation sites (tertiary alicyclic amines) is 1. The van der Waals surface area contributed by atoms with E-state index in [-0.39, 0.29) is 11.8 Å². The molecule has 2 aliphatic rings. The third-order valence-electron chi connectivity index (χ3n) is 5.97. The highest BCUT2D eigenvalue weighted by Gasteiger charge is 2.34. The second kappa shape index (κ2) is 8.03. The van der Waals surface area contributed by atoms with Crippen molar-refractivity contribution < 1.29 is 9.59 Å². The highest BCUT2D eigenvalue weighted by atomic mass is 32.1. The number of thiazole rings is 1.